The molecule has 1 aromatic carbocycles. The number of carbonyl (C=O) groups excluding carboxylic acids is 3. The van der Waals surface area contributed by atoms with Gasteiger partial charge in [0.2, 0.25) is 11.8 Å². The molecule has 0 spiro atoms. The molecule has 1 aromatic rings. The molecule has 1 heterocycles. The van der Waals surface area contributed by atoms with Gasteiger partial charge in [-0.2, -0.15) is 0 Å². The van der Waals surface area contributed by atoms with Gasteiger partial charge in [-0.25, -0.2) is 4.79 Å². The van der Waals surface area contributed by atoms with Crippen molar-refractivity contribution in [2.45, 2.75) is 26.3 Å². The van der Waals surface area contributed by atoms with E-state index in [4.69, 9.17) is 0 Å². The van der Waals surface area contributed by atoms with E-state index in [1.165, 1.54) is 9.80 Å². The van der Waals surface area contributed by atoms with Gasteiger partial charge in [0.1, 0.15) is 6.54 Å². The van der Waals surface area contributed by atoms with Crippen LogP contribution in [0.25, 0.3) is 0 Å². The number of likely N-dealkylation sites (N-methyl/N-ethyl adjacent to an activating group) is 1. The molecule has 0 unspecified atom stereocenters. The number of rotatable bonds is 8. The molecule has 7 heteroatoms. The summed E-state index contributed by atoms with van der Waals surface area (Å²) < 4.78 is 0. The average molecular weight is 360 g/mol. The Balaban J connectivity index is 1.84. The van der Waals surface area contributed by atoms with E-state index in [-0.39, 0.29) is 24.4 Å². The first kappa shape index (κ1) is 19.8. The van der Waals surface area contributed by atoms with E-state index < -0.39 is 0 Å². The van der Waals surface area contributed by atoms with Gasteiger partial charge in [0.25, 0.3) is 0 Å². The smallest absolute Gasteiger partial charge is 0.326 e. The highest BCUT2D eigenvalue weighted by Crippen LogP contribution is 2.15. The molecule has 0 bridgehead atoms. The second kappa shape index (κ2) is 8.69. The third-order valence-corrected chi connectivity index (χ3v) is 4.56. The molecule has 26 heavy (non-hydrogen) atoms. The van der Waals surface area contributed by atoms with Crippen LogP contribution in [0.4, 0.5) is 10.5 Å². The zero-order valence-electron chi connectivity index (χ0n) is 16.1. The number of amides is 4. The molecule has 4 amide bonds. The van der Waals surface area contributed by atoms with Gasteiger partial charge in [-0.1, -0.05) is 12.1 Å². The van der Waals surface area contributed by atoms with Crippen molar-refractivity contribution in [3.63, 3.8) is 0 Å². The highest BCUT2D eigenvalue weighted by molar-refractivity contribution is 6.01. The molecule has 7 nitrogen and oxygen atoms in total. The summed E-state index contributed by atoms with van der Waals surface area (Å²) in [7, 11) is 5.58. The molecule has 0 aliphatic carbocycles. The van der Waals surface area contributed by atoms with Crippen LogP contribution >= 0.6 is 0 Å². The zero-order chi connectivity index (χ0) is 19.3. The van der Waals surface area contributed by atoms with Crippen molar-refractivity contribution < 1.29 is 14.4 Å². The lowest BCUT2D eigenvalue weighted by Gasteiger charge is -2.22. The SMILES string of the molecule is CCN(Cc1ccc(N(C)C)cc1)C(=O)CCCN1C(=O)CN(C)C1=O. The Kier molecular flexibility index (Phi) is 6.60. The van der Waals surface area contributed by atoms with E-state index in [9.17, 15) is 14.4 Å². The normalized spacial score (nSPS) is 14.2. The summed E-state index contributed by atoms with van der Waals surface area (Å²) in [5.41, 5.74) is 2.20. The molecule has 1 fully saturated rings. The van der Waals surface area contributed by atoms with Crippen LogP contribution < -0.4 is 4.90 Å². The number of hydrogen-bond acceptors (Lipinski definition) is 4. The fourth-order valence-electron chi connectivity index (χ4n) is 2.93. The molecule has 1 saturated heterocycles. The van der Waals surface area contributed by atoms with Gasteiger partial charge < -0.3 is 14.7 Å². The molecule has 0 N–H and O–H groups in total. The zero-order valence-corrected chi connectivity index (χ0v) is 16.1. The molecular formula is C19H28N4O3. The first-order chi connectivity index (χ1) is 12.3. The maximum atomic E-state index is 12.5. The largest absolute Gasteiger partial charge is 0.378 e. The van der Waals surface area contributed by atoms with Crippen LogP contribution in [-0.2, 0) is 16.1 Å². The van der Waals surface area contributed by atoms with E-state index in [0.717, 1.165) is 11.3 Å². The molecule has 2 rings (SSSR count). The van der Waals surface area contributed by atoms with E-state index in [1.807, 2.05) is 50.2 Å². The highest BCUT2D eigenvalue weighted by Gasteiger charge is 2.32. The van der Waals surface area contributed by atoms with E-state index >= 15 is 0 Å². The summed E-state index contributed by atoms with van der Waals surface area (Å²) in [6.45, 7) is 3.56. The Hall–Kier alpha value is -2.57. The number of benzene rings is 1. The fraction of sp³-hybridized carbons (Fsp3) is 0.526. The van der Waals surface area contributed by atoms with Crippen molar-refractivity contribution in [2.24, 2.45) is 0 Å². The molecule has 0 radical (unpaired) electrons. The minimum absolute atomic E-state index is 0.0386. The predicted molar refractivity (Wildman–Crippen MR) is 101 cm³/mol. The summed E-state index contributed by atoms with van der Waals surface area (Å²) in [6, 6.07) is 7.85. The lowest BCUT2D eigenvalue weighted by Crippen LogP contribution is -2.34. The van der Waals surface area contributed by atoms with E-state index in [0.29, 0.717) is 32.5 Å². The van der Waals surface area contributed by atoms with Gasteiger partial charge in [0.05, 0.1) is 0 Å². The molecule has 0 aromatic heterocycles. The van der Waals surface area contributed by atoms with Crippen LogP contribution in [0.15, 0.2) is 24.3 Å². The standard InChI is InChI=1S/C19H28N4O3/c1-5-22(13-15-8-10-16(11-9-15)20(2)3)17(24)7-6-12-23-18(25)14-21(4)19(23)26/h8-11H,5-7,12-14H2,1-4H3. The molecule has 0 atom stereocenters. The highest BCUT2D eigenvalue weighted by atomic mass is 16.2. The Morgan fingerprint density at radius 3 is 2.31 bits per heavy atom. The Morgan fingerprint density at radius 1 is 1.15 bits per heavy atom. The van der Waals surface area contributed by atoms with Crippen molar-refractivity contribution in [2.75, 3.05) is 45.7 Å². The third kappa shape index (κ3) is 4.74. The minimum atomic E-state index is -0.282. The second-order valence-electron chi connectivity index (χ2n) is 6.76. The van der Waals surface area contributed by atoms with Gasteiger partial charge in [0, 0.05) is 52.9 Å². The monoisotopic (exact) mass is 360 g/mol. The first-order valence-electron chi connectivity index (χ1n) is 8.93. The van der Waals surface area contributed by atoms with E-state index in [1.54, 1.807) is 11.9 Å². The lowest BCUT2D eigenvalue weighted by atomic mass is 10.1. The van der Waals surface area contributed by atoms with Crippen molar-refractivity contribution in [3.8, 4) is 0 Å². The maximum Gasteiger partial charge on any atom is 0.326 e. The number of carbonyl (C=O) groups is 3. The molecule has 1 aliphatic rings. The third-order valence-electron chi connectivity index (χ3n) is 4.56. The van der Waals surface area contributed by atoms with Gasteiger partial charge in [-0.3, -0.25) is 14.5 Å². The number of urea groups is 1. The van der Waals surface area contributed by atoms with E-state index in [2.05, 4.69) is 0 Å². The van der Waals surface area contributed by atoms with Crippen LogP contribution in [-0.4, -0.2) is 73.3 Å². The van der Waals surface area contributed by atoms with Gasteiger partial charge in [-0.15, -0.1) is 0 Å². The Morgan fingerprint density at radius 2 is 1.81 bits per heavy atom. The molecule has 0 saturated carbocycles. The maximum absolute atomic E-state index is 12.5. The van der Waals surface area contributed by atoms with Crippen molar-refractivity contribution >= 4 is 23.5 Å². The minimum Gasteiger partial charge on any atom is -0.378 e. The lowest BCUT2D eigenvalue weighted by molar-refractivity contribution is -0.132. The van der Waals surface area contributed by atoms with Crippen LogP contribution in [0.5, 0.6) is 0 Å². The van der Waals surface area contributed by atoms with Crippen LogP contribution in [0.2, 0.25) is 0 Å². The first-order valence-corrected chi connectivity index (χ1v) is 8.93. The van der Waals surface area contributed by atoms with Crippen LogP contribution in [0.3, 0.4) is 0 Å². The summed E-state index contributed by atoms with van der Waals surface area (Å²) in [4.78, 5) is 42.5. The summed E-state index contributed by atoms with van der Waals surface area (Å²) in [5.74, 6) is -0.157. The average Bonchev–Trinajstić information content (AvgIpc) is 2.85. The van der Waals surface area contributed by atoms with Crippen LogP contribution in [0, 0.1) is 0 Å². The quantitative estimate of drug-likeness (QED) is 0.663. The van der Waals surface area contributed by atoms with Gasteiger partial charge in [0.15, 0.2) is 0 Å². The summed E-state index contributed by atoms with van der Waals surface area (Å²) in [6.07, 6.45) is 0.810. The predicted octanol–water partition coefficient (Wildman–Crippen LogP) is 1.78. The van der Waals surface area contributed by atoms with Gasteiger partial charge in [-0.05, 0) is 31.0 Å². The number of imide groups is 1. The summed E-state index contributed by atoms with van der Waals surface area (Å²) in [5, 5.41) is 0. The van der Waals surface area contributed by atoms with Crippen LogP contribution in [0.1, 0.15) is 25.3 Å². The summed E-state index contributed by atoms with van der Waals surface area (Å²) >= 11 is 0. The molecular weight excluding hydrogens is 332 g/mol. The number of hydrogen-bond donors (Lipinski definition) is 0. The van der Waals surface area contributed by atoms with Crippen molar-refractivity contribution in [1.82, 2.24) is 14.7 Å². The molecule has 142 valence electrons. The Labute approximate surface area is 155 Å². The Bertz CT molecular complexity index is 657. The number of nitrogens with zero attached hydrogens (tertiary/aromatic N) is 4. The fourth-order valence-corrected chi connectivity index (χ4v) is 2.93. The van der Waals surface area contributed by atoms with Crippen molar-refractivity contribution in [3.05, 3.63) is 29.8 Å². The number of anilines is 1. The topological polar surface area (TPSA) is 64.2 Å². The molecule has 1 aliphatic heterocycles. The van der Waals surface area contributed by atoms with Crippen molar-refractivity contribution in [1.29, 1.82) is 0 Å². The van der Waals surface area contributed by atoms with Gasteiger partial charge >= 0.3 is 6.03 Å². The second-order valence-corrected chi connectivity index (χ2v) is 6.76.